The first kappa shape index (κ1) is 31.9. The van der Waals surface area contributed by atoms with Crippen LogP contribution < -0.4 is 14.8 Å². The minimum Gasteiger partial charge on any atom is -0.497 e. The lowest BCUT2D eigenvalue weighted by molar-refractivity contribution is -0.141. The molecule has 3 aliphatic rings. The Balaban J connectivity index is 1.58. The largest absolute Gasteiger partial charge is 0.497 e. The average Bonchev–Trinajstić information content (AvgIpc) is 3.45. The fourth-order valence-electron chi connectivity index (χ4n) is 6.68. The van der Waals surface area contributed by atoms with E-state index in [4.69, 9.17) is 14.2 Å². The van der Waals surface area contributed by atoms with Gasteiger partial charge in [0, 0.05) is 29.7 Å². The molecule has 1 aliphatic carbocycles. The number of ether oxygens (including phenoxy) is 3. The molecule has 0 spiro atoms. The van der Waals surface area contributed by atoms with Crippen LogP contribution in [0.2, 0.25) is 0 Å². The maximum absolute atomic E-state index is 16.0. The van der Waals surface area contributed by atoms with Gasteiger partial charge in [-0.25, -0.2) is 18.6 Å². The molecule has 0 radical (unpaired) electrons. The smallest absolute Gasteiger partial charge is 0.408 e. The molecule has 5 rings (SSSR count). The van der Waals surface area contributed by atoms with Crippen LogP contribution >= 0.6 is 0 Å². The number of amides is 2. The summed E-state index contributed by atoms with van der Waals surface area (Å²) in [6.45, 7) is 10.4. The van der Waals surface area contributed by atoms with E-state index >= 15 is 8.78 Å². The molecular weight excluding hydrogens is 572 g/mol. The number of alkyl carbamates (subject to hydrolysis) is 1. The lowest BCUT2D eigenvalue weighted by Gasteiger charge is -2.35. The first-order valence-electron chi connectivity index (χ1n) is 15.4. The van der Waals surface area contributed by atoms with Crippen LogP contribution in [0, 0.1) is 17.3 Å². The Labute approximate surface area is 257 Å². The summed E-state index contributed by atoms with van der Waals surface area (Å²) in [7, 11) is 1.51. The minimum absolute atomic E-state index is 0.0445. The zero-order valence-corrected chi connectivity index (χ0v) is 26.5. The van der Waals surface area contributed by atoms with Gasteiger partial charge >= 0.3 is 6.09 Å². The SMILES string of the molecule is COc1ccc2cc3c(nc2c1)O[C@H]1CN(C(=O)[C@H](C(C)(C)C)NC(=O)O[C@]2(C)C[C@H]2CCCCC3(F)F)[C@H](C(C)=O)[C@@H]1C. The first-order chi connectivity index (χ1) is 20.5. The van der Waals surface area contributed by atoms with E-state index in [0.717, 1.165) is 0 Å². The molecule has 9 nitrogen and oxygen atoms in total. The van der Waals surface area contributed by atoms with Gasteiger partial charge in [-0.15, -0.1) is 0 Å². The van der Waals surface area contributed by atoms with Gasteiger partial charge in [-0.2, -0.15) is 0 Å². The van der Waals surface area contributed by atoms with E-state index in [-0.39, 0.29) is 36.1 Å². The molecule has 6 atom stereocenters. The molecule has 1 saturated heterocycles. The number of hydrogen-bond acceptors (Lipinski definition) is 7. The second-order valence-corrected chi connectivity index (χ2v) is 14.0. The van der Waals surface area contributed by atoms with Crippen LogP contribution in [0.1, 0.15) is 79.2 Å². The molecule has 1 N–H and O–H groups in total. The molecule has 2 amide bonds. The number of pyridine rings is 1. The second-order valence-electron chi connectivity index (χ2n) is 14.0. The highest BCUT2D eigenvalue weighted by molar-refractivity contribution is 5.92. The number of ketones is 1. The molecule has 0 unspecified atom stereocenters. The fourth-order valence-corrected chi connectivity index (χ4v) is 6.68. The maximum Gasteiger partial charge on any atom is 0.408 e. The normalized spacial score (nSPS) is 31.0. The predicted molar refractivity (Wildman–Crippen MR) is 160 cm³/mol. The third-order valence-corrected chi connectivity index (χ3v) is 9.49. The van der Waals surface area contributed by atoms with Crippen molar-refractivity contribution in [3.05, 3.63) is 29.8 Å². The Hall–Kier alpha value is -3.50. The van der Waals surface area contributed by atoms with Gasteiger partial charge in [-0.05, 0) is 56.7 Å². The number of nitrogens with zero attached hydrogens (tertiary/aromatic N) is 2. The van der Waals surface area contributed by atoms with Gasteiger partial charge in [0.25, 0.3) is 5.92 Å². The van der Waals surface area contributed by atoms with E-state index in [0.29, 0.717) is 35.9 Å². The third kappa shape index (κ3) is 6.19. The summed E-state index contributed by atoms with van der Waals surface area (Å²) < 4.78 is 49.3. The Morgan fingerprint density at radius 2 is 1.91 bits per heavy atom. The summed E-state index contributed by atoms with van der Waals surface area (Å²) in [6.07, 6.45) is 0.115. The standard InChI is InChI=1S/C33H43F2N3O6/c1-18-25-17-38(26(18)19(2)39)29(40)27(31(3,4)5)37-30(41)44-32(6)16-21(32)10-8-9-13-33(34,35)23-14-20-11-12-22(42-7)15-24(20)36-28(23)43-25/h11-12,14-15,18,21,25-27H,8-10,13,16-17H2,1-7H3,(H,37,41)/t18-,21-,25+,26+,27-,32-/m1/s1. The Morgan fingerprint density at radius 3 is 2.57 bits per heavy atom. The van der Waals surface area contributed by atoms with E-state index in [1.54, 1.807) is 25.1 Å². The van der Waals surface area contributed by atoms with E-state index < -0.39 is 59.5 Å². The lowest BCUT2D eigenvalue weighted by Crippen LogP contribution is -2.57. The van der Waals surface area contributed by atoms with E-state index in [9.17, 15) is 14.4 Å². The number of alkyl halides is 2. The predicted octanol–water partition coefficient (Wildman–Crippen LogP) is 6.01. The van der Waals surface area contributed by atoms with Crippen LogP contribution in [0.15, 0.2) is 24.3 Å². The monoisotopic (exact) mass is 615 g/mol. The molecule has 2 bridgehead atoms. The van der Waals surface area contributed by atoms with Crippen molar-refractivity contribution in [3.63, 3.8) is 0 Å². The average molecular weight is 616 g/mol. The topological polar surface area (TPSA) is 107 Å². The van der Waals surface area contributed by atoms with E-state index in [2.05, 4.69) is 10.3 Å². The molecule has 2 aliphatic heterocycles. The number of nitrogens with one attached hydrogen (secondary N) is 1. The molecule has 2 aromatic rings. The van der Waals surface area contributed by atoms with Crippen LogP contribution in [0.25, 0.3) is 10.9 Å². The molecule has 1 aromatic heterocycles. The zero-order valence-electron chi connectivity index (χ0n) is 26.5. The van der Waals surface area contributed by atoms with Crippen LogP contribution in [0.3, 0.4) is 0 Å². The van der Waals surface area contributed by atoms with E-state index in [1.807, 2.05) is 27.7 Å². The summed E-state index contributed by atoms with van der Waals surface area (Å²) in [5.74, 6) is -4.19. The van der Waals surface area contributed by atoms with Crippen molar-refractivity contribution in [2.24, 2.45) is 17.3 Å². The molecular formula is C33H43F2N3O6. The number of halogens is 2. The van der Waals surface area contributed by atoms with Crippen molar-refractivity contribution in [1.82, 2.24) is 15.2 Å². The number of aromatic nitrogens is 1. The summed E-state index contributed by atoms with van der Waals surface area (Å²) >= 11 is 0. The van der Waals surface area contributed by atoms with Gasteiger partial charge in [0.05, 0.1) is 30.8 Å². The highest BCUT2D eigenvalue weighted by Crippen LogP contribution is 2.50. The van der Waals surface area contributed by atoms with Crippen LogP contribution in [0.5, 0.6) is 11.6 Å². The summed E-state index contributed by atoms with van der Waals surface area (Å²) in [5.41, 5.74) is -1.35. The van der Waals surface area contributed by atoms with Crippen molar-refractivity contribution in [2.75, 3.05) is 13.7 Å². The highest BCUT2D eigenvalue weighted by atomic mass is 19.3. The number of fused-ring (bicyclic) bond motifs is 5. The van der Waals surface area contributed by atoms with Gasteiger partial charge in [0.2, 0.25) is 11.8 Å². The molecule has 44 heavy (non-hydrogen) atoms. The maximum atomic E-state index is 16.0. The number of methoxy groups -OCH3 is 1. The Morgan fingerprint density at radius 1 is 1.18 bits per heavy atom. The number of carbonyl (C=O) groups is 3. The van der Waals surface area contributed by atoms with E-state index in [1.165, 1.54) is 25.0 Å². The second kappa shape index (κ2) is 11.5. The van der Waals surface area contributed by atoms with Gasteiger partial charge in [0.15, 0.2) is 5.78 Å². The lowest BCUT2D eigenvalue weighted by atomic mass is 9.85. The Bertz CT molecular complexity index is 1460. The first-order valence-corrected chi connectivity index (χ1v) is 15.4. The quantitative estimate of drug-likeness (QED) is 0.441. The molecule has 11 heteroatoms. The summed E-state index contributed by atoms with van der Waals surface area (Å²) in [6, 6.07) is 4.55. The van der Waals surface area contributed by atoms with Crippen molar-refractivity contribution >= 4 is 28.7 Å². The minimum atomic E-state index is -3.25. The number of carbonyl (C=O) groups excluding carboxylic acids is 3. The molecule has 240 valence electrons. The zero-order chi connectivity index (χ0) is 32.2. The van der Waals surface area contributed by atoms with Crippen molar-refractivity contribution in [1.29, 1.82) is 0 Å². The molecule has 2 fully saturated rings. The van der Waals surface area contributed by atoms with Crippen LogP contribution in [-0.2, 0) is 20.2 Å². The molecule has 3 heterocycles. The number of Topliss-reactive ketones (excluding diaryl/α,β-unsaturated/α-hetero) is 1. The van der Waals surface area contributed by atoms with Crippen molar-refractivity contribution in [2.45, 2.75) is 103 Å². The third-order valence-electron chi connectivity index (χ3n) is 9.49. The summed E-state index contributed by atoms with van der Waals surface area (Å²) in [4.78, 5) is 46.1. The highest BCUT2D eigenvalue weighted by Gasteiger charge is 2.54. The van der Waals surface area contributed by atoms with Gasteiger partial charge < -0.3 is 24.4 Å². The van der Waals surface area contributed by atoms with Crippen LogP contribution in [-0.4, -0.2) is 65.1 Å². The summed E-state index contributed by atoms with van der Waals surface area (Å²) in [5, 5.41) is 3.30. The van der Waals surface area contributed by atoms with Crippen molar-refractivity contribution < 1.29 is 37.4 Å². The number of hydrogen-bond donors (Lipinski definition) is 1. The fraction of sp³-hybridized carbons (Fsp3) is 0.636. The molecule has 1 saturated carbocycles. The number of rotatable bonds is 2. The number of benzene rings is 1. The van der Waals surface area contributed by atoms with Gasteiger partial charge in [-0.3, -0.25) is 9.59 Å². The Kier molecular flexibility index (Phi) is 8.31. The van der Waals surface area contributed by atoms with Crippen LogP contribution in [0.4, 0.5) is 13.6 Å². The van der Waals surface area contributed by atoms with Crippen molar-refractivity contribution in [3.8, 4) is 11.6 Å². The van der Waals surface area contributed by atoms with Gasteiger partial charge in [0.1, 0.15) is 23.5 Å². The van der Waals surface area contributed by atoms with Gasteiger partial charge in [-0.1, -0.05) is 34.1 Å². The molecule has 1 aromatic carbocycles.